The van der Waals surface area contributed by atoms with Gasteiger partial charge in [-0.15, -0.1) is 0 Å². The van der Waals surface area contributed by atoms with E-state index in [9.17, 15) is 34.6 Å². The van der Waals surface area contributed by atoms with Crippen molar-refractivity contribution in [3.05, 3.63) is 23.8 Å². The van der Waals surface area contributed by atoms with Crippen LogP contribution in [0.25, 0.3) is 0 Å². The summed E-state index contributed by atoms with van der Waals surface area (Å²) in [5.41, 5.74) is -0.322. The average Bonchev–Trinajstić information content (AvgIpc) is 2.77. The fourth-order valence-electron chi connectivity index (χ4n) is 5.08. The monoisotopic (exact) mass is 554 g/mol. The van der Waals surface area contributed by atoms with Crippen LogP contribution in [0.1, 0.15) is 59.8 Å². The van der Waals surface area contributed by atoms with Gasteiger partial charge >= 0.3 is 43.1 Å². The van der Waals surface area contributed by atoms with E-state index < -0.39 is 56.0 Å². The number of rotatable bonds is 14. The van der Waals surface area contributed by atoms with Gasteiger partial charge in [0.2, 0.25) is 0 Å². The van der Waals surface area contributed by atoms with Crippen molar-refractivity contribution in [3.8, 4) is 0 Å². The minimum atomic E-state index is -3.73. The summed E-state index contributed by atoms with van der Waals surface area (Å²) in [6, 6.07) is 0. The molecule has 2 unspecified atom stereocenters. The summed E-state index contributed by atoms with van der Waals surface area (Å²) < 4.78 is 29.5. The molecule has 0 bridgehead atoms. The number of carbonyl (C=O) groups excluding carboxylic acids is 2. The van der Waals surface area contributed by atoms with E-state index in [4.69, 9.17) is 13.8 Å². The summed E-state index contributed by atoms with van der Waals surface area (Å²) in [5.74, 6) is -2.36. The molecule has 0 saturated carbocycles. The summed E-state index contributed by atoms with van der Waals surface area (Å²) in [6.45, 7) is 6.99. The van der Waals surface area contributed by atoms with Crippen molar-refractivity contribution in [1.82, 2.24) is 0 Å². The van der Waals surface area contributed by atoms with Crippen LogP contribution >= 0.6 is 7.60 Å². The number of hydrogen-bond acceptors (Lipinski definition) is 10. The number of carbonyl (C=O) groups is 2. The van der Waals surface area contributed by atoms with Gasteiger partial charge in [-0.25, -0.2) is 0 Å². The van der Waals surface area contributed by atoms with Gasteiger partial charge < -0.3 is 39.0 Å². The predicted octanol–water partition coefficient (Wildman–Crippen LogP) is -1.28. The van der Waals surface area contributed by atoms with E-state index in [1.54, 1.807) is 19.9 Å². The zero-order valence-electron chi connectivity index (χ0n) is 22.4. The molecule has 2 aliphatic carbocycles. The molecular formula is C25H40NaO10P. The molecule has 10 nitrogen and oxygen atoms in total. The molecule has 206 valence electrons. The van der Waals surface area contributed by atoms with Gasteiger partial charge in [-0.2, -0.15) is 0 Å². The minimum Gasteiger partial charge on any atom is -0.550 e. The van der Waals surface area contributed by atoms with Crippen LogP contribution in [-0.2, 0) is 27.9 Å². The Morgan fingerprint density at radius 3 is 2.38 bits per heavy atom. The Labute approximate surface area is 241 Å². The molecule has 0 aromatic rings. The van der Waals surface area contributed by atoms with E-state index in [-0.39, 0.29) is 73.4 Å². The molecule has 2 aliphatic rings. The topological polar surface area (TPSA) is 163 Å². The van der Waals surface area contributed by atoms with Gasteiger partial charge in [-0.1, -0.05) is 25.2 Å². The van der Waals surface area contributed by atoms with Crippen LogP contribution in [0.2, 0.25) is 0 Å². The van der Waals surface area contributed by atoms with E-state index in [1.165, 1.54) is 6.92 Å². The van der Waals surface area contributed by atoms with Gasteiger partial charge in [0.25, 0.3) is 0 Å². The van der Waals surface area contributed by atoms with Gasteiger partial charge in [0.05, 0.1) is 31.5 Å². The predicted molar refractivity (Wildman–Crippen MR) is 130 cm³/mol. The van der Waals surface area contributed by atoms with E-state index >= 15 is 0 Å². The fourth-order valence-corrected chi connectivity index (χ4v) is 6.64. The van der Waals surface area contributed by atoms with E-state index in [0.717, 1.165) is 5.57 Å². The maximum Gasteiger partial charge on any atom is 1.00 e. The molecule has 3 N–H and O–H groups in total. The van der Waals surface area contributed by atoms with Crippen molar-refractivity contribution < 1.29 is 77.9 Å². The molecule has 0 saturated heterocycles. The Bertz CT molecular complexity index is 852. The molecule has 0 radical (unpaired) electrons. The molecule has 37 heavy (non-hydrogen) atoms. The maximum absolute atomic E-state index is 13.1. The number of ether oxygens (including phenoxy) is 1. The average molecular weight is 555 g/mol. The molecule has 2 rings (SSSR count). The van der Waals surface area contributed by atoms with Gasteiger partial charge in [0, 0.05) is 24.7 Å². The van der Waals surface area contributed by atoms with Crippen LogP contribution in [0.4, 0.5) is 0 Å². The summed E-state index contributed by atoms with van der Waals surface area (Å²) in [4.78, 5) is 23.7. The summed E-state index contributed by atoms with van der Waals surface area (Å²) in [7, 11) is -3.73. The SMILES string of the molecule is CCOP(=O)(OCC)C(C)C(=O)O[C@H]1C[C@H](O)C=C2C=C[C@H](C)[C@H](CC[C@@H](O)C[C@@H](O)CC(=O)[O-])C21.[Na+]. The second-order valence-corrected chi connectivity index (χ2v) is 12.0. The normalized spacial score (nSPS) is 27.8. The van der Waals surface area contributed by atoms with E-state index in [0.29, 0.717) is 12.8 Å². The van der Waals surface area contributed by atoms with Crippen molar-refractivity contribution in [2.45, 2.75) is 89.9 Å². The summed E-state index contributed by atoms with van der Waals surface area (Å²) in [6.07, 6.45) is 2.38. The Kier molecular flexibility index (Phi) is 14.8. The molecule has 12 heteroatoms. The first-order chi connectivity index (χ1) is 16.9. The zero-order valence-corrected chi connectivity index (χ0v) is 25.3. The molecule has 0 fully saturated rings. The number of hydrogen-bond donors (Lipinski definition) is 3. The van der Waals surface area contributed by atoms with Crippen LogP contribution in [0.3, 0.4) is 0 Å². The first kappa shape index (κ1) is 34.5. The number of esters is 1. The van der Waals surface area contributed by atoms with Crippen molar-refractivity contribution >= 4 is 19.5 Å². The second-order valence-electron chi connectivity index (χ2n) is 9.60. The molecule has 0 aromatic carbocycles. The second kappa shape index (κ2) is 15.9. The minimum absolute atomic E-state index is 0. The number of aliphatic hydroxyl groups is 3. The van der Waals surface area contributed by atoms with Crippen LogP contribution in [-0.4, -0.2) is 70.5 Å². The standard InChI is InChI=1S/C25H41O10P.Na/c1-5-33-36(32,34-6-2)16(4)25(31)35-22-13-19(27)11-17-8-7-15(3)21(24(17)22)10-9-18(26)12-20(28)14-23(29)30;/h7-8,11,15-16,18-22,24,26-28H,5-6,9-10,12-14H2,1-4H3,(H,29,30);/q;+1/p-1/t15-,16?,18+,19+,20+,21-,22-,24?;/m0./s1. The smallest absolute Gasteiger partial charge is 0.550 e. The molecule has 0 heterocycles. The van der Waals surface area contributed by atoms with Crippen molar-refractivity contribution in [3.63, 3.8) is 0 Å². The first-order valence-electron chi connectivity index (χ1n) is 12.6. The van der Waals surface area contributed by atoms with E-state index in [2.05, 4.69) is 0 Å². The number of allylic oxidation sites excluding steroid dienone is 2. The van der Waals surface area contributed by atoms with E-state index in [1.807, 2.05) is 19.1 Å². The first-order valence-corrected chi connectivity index (χ1v) is 14.3. The fraction of sp³-hybridized carbons (Fsp3) is 0.760. The number of aliphatic hydroxyl groups excluding tert-OH is 3. The molecular weight excluding hydrogens is 514 g/mol. The third kappa shape index (κ3) is 9.85. The van der Waals surface area contributed by atoms with Crippen LogP contribution in [0.15, 0.2) is 23.8 Å². The van der Waals surface area contributed by atoms with Gasteiger partial charge in [0.15, 0.2) is 5.66 Å². The molecule has 0 amide bonds. The van der Waals surface area contributed by atoms with Gasteiger partial charge in [-0.05, 0) is 57.4 Å². The van der Waals surface area contributed by atoms with Gasteiger partial charge in [-0.3, -0.25) is 9.36 Å². The maximum atomic E-state index is 13.1. The largest absolute Gasteiger partial charge is 1.00 e. The molecule has 0 aromatic heterocycles. The number of fused-ring (bicyclic) bond motifs is 1. The summed E-state index contributed by atoms with van der Waals surface area (Å²) in [5, 5.41) is 41.3. The molecule has 0 spiro atoms. The zero-order chi connectivity index (χ0) is 27.0. The van der Waals surface area contributed by atoms with Crippen molar-refractivity contribution in [1.29, 1.82) is 0 Å². The number of aliphatic carboxylic acids is 1. The Hall–Kier alpha value is -0.550. The van der Waals surface area contributed by atoms with Crippen molar-refractivity contribution in [2.24, 2.45) is 17.8 Å². The van der Waals surface area contributed by atoms with Crippen LogP contribution in [0.5, 0.6) is 0 Å². The third-order valence-corrected chi connectivity index (χ3v) is 9.25. The Balaban J connectivity index is 0.00000684. The third-order valence-electron chi connectivity index (χ3n) is 6.85. The summed E-state index contributed by atoms with van der Waals surface area (Å²) >= 11 is 0. The van der Waals surface area contributed by atoms with Gasteiger partial charge in [0.1, 0.15) is 6.10 Å². The molecule has 0 aliphatic heterocycles. The molecule has 8 atom stereocenters. The van der Waals surface area contributed by atoms with Crippen LogP contribution in [0, 0.1) is 17.8 Å². The Morgan fingerprint density at radius 1 is 1.19 bits per heavy atom. The number of carboxylic acids is 1. The van der Waals surface area contributed by atoms with Crippen LogP contribution < -0.4 is 34.7 Å². The Morgan fingerprint density at radius 2 is 1.81 bits per heavy atom. The van der Waals surface area contributed by atoms with Crippen molar-refractivity contribution in [2.75, 3.05) is 13.2 Å². The number of carboxylic acid groups (broad SMARTS) is 1. The quantitative estimate of drug-likeness (QED) is 0.134.